The second kappa shape index (κ2) is 8.70. The molecule has 1 saturated heterocycles. The lowest BCUT2D eigenvalue weighted by atomic mass is 9.87. The Morgan fingerprint density at radius 2 is 2.05 bits per heavy atom. The number of hydrogen-bond acceptors (Lipinski definition) is 2. The first-order valence-corrected chi connectivity index (χ1v) is 8.88. The maximum absolute atomic E-state index is 12.0. The molecule has 0 saturated carbocycles. The summed E-state index contributed by atoms with van der Waals surface area (Å²) in [5.41, 5.74) is 0.409. The van der Waals surface area contributed by atoms with Gasteiger partial charge < -0.3 is 10.2 Å². The fraction of sp³-hybridized carbons (Fsp3) is 0.933. The van der Waals surface area contributed by atoms with E-state index >= 15 is 0 Å². The van der Waals surface area contributed by atoms with Gasteiger partial charge in [-0.15, -0.1) is 24.0 Å². The van der Waals surface area contributed by atoms with Crippen molar-refractivity contribution in [2.24, 2.45) is 10.4 Å². The molecular formula is C15H32IN3OS. The molecule has 0 aromatic heterocycles. The molecule has 0 amide bonds. The van der Waals surface area contributed by atoms with Gasteiger partial charge in [-0.25, -0.2) is 0 Å². The molecule has 0 aromatic carbocycles. The van der Waals surface area contributed by atoms with Crippen LogP contribution in [0.3, 0.4) is 0 Å². The van der Waals surface area contributed by atoms with Gasteiger partial charge in [-0.3, -0.25) is 9.20 Å². The molecule has 1 aliphatic rings. The molecule has 0 spiro atoms. The van der Waals surface area contributed by atoms with Gasteiger partial charge in [0.25, 0.3) is 0 Å². The van der Waals surface area contributed by atoms with Crippen LogP contribution in [0.15, 0.2) is 4.99 Å². The predicted molar refractivity (Wildman–Crippen MR) is 104 cm³/mol. The summed E-state index contributed by atoms with van der Waals surface area (Å²) in [6, 6.07) is 0. The second-order valence-corrected chi connectivity index (χ2v) is 9.30. The van der Waals surface area contributed by atoms with Gasteiger partial charge in [-0.1, -0.05) is 13.8 Å². The highest BCUT2D eigenvalue weighted by Gasteiger charge is 2.33. The second-order valence-electron chi connectivity index (χ2n) is 6.97. The summed E-state index contributed by atoms with van der Waals surface area (Å²) < 4.78 is 11.9. The van der Waals surface area contributed by atoms with Crippen LogP contribution in [0.25, 0.3) is 0 Å². The number of nitrogens with one attached hydrogen (secondary N) is 1. The number of halogens is 1. The minimum atomic E-state index is -0.810. The third-order valence-electron chi connectivity index (χ3n) is 4.18. The Morgan fingerprint density at radius 1 is 1.43 bits per heavy atom. The summed E-state index contributed by atoms with van der Waals surface area (Å²) in [6.07, 6.45) is 2.42. The van der Waals surface area contributed by atoms with Crippen LogP contribution < -0.4 is 5.32 Å². The lowest BCUT2D eigenvalue weighted by Gasteiger charge is -2.25. The lowest BCUT2D eigenvalue weighted by Crippen LogP contribution is -2.43. The van der Waals surface area contributed by atoms with E-state index in [0.717, 1.165) is 25.6 Å². The van der Waals surface area contributed by atoms with Crippen LogP contribution in [-0.2, 0) is 10.8 Å². The summed E-state index contributed by atoms with van der Waals surface area (Å²) >= 11 is 0. The van der Waals surface area contributed by atoms with Gasteiger partial charge in [0.05, 0.1) is 0 Å². The van der Waals surface area contributed by atoms with Crippen molar-refractivity contribution in [2.75, 3.05) is 32.4 Å². The topological polar surface area (TPSA) is 44.7 Å². The summed E-state index contributed by atoms with van der Waals surface area (Å²) in [6.45, 7) is 13.5. The SMILES string of the molecule is CCC1(C)CCN(C(=NC)NCCS(=O)C(C)(C)C)C1.I. The quantitative estimate of drug-likeness (QED) is 0.425. The van der Waals surface area contributed by atoms with E-state index in [0.29, 0.717) is 11.2 Å². The molecule has 0 radical (unpaired) electrons. The zero-order valence-corrected chi connectivity index (χ0v) is 17.5. The van der Waals surface area contributed by atoms with Crippen LogP contribution in [0.4, 0.5) is 0 Å². The fourth-order valence-electron chi connectivity index (χ4n) is 2.39. The number of hydrogen-bond donors (Lipinski definition) is 1. The number of aliphatic imine (C=N–C) groups is 1. The van der Waals surface area contributed by atoms with Gasteiger partial charge in [0.2, 0.25) is 0 Å². The van der Waals surface area contributed by atoms with Crippen molar-refractivity contribution in [1.82, 2.24) is 10.2 Å². The first-order chi connectivity index (χ1) is 9.22. The van der Waals surface area contributed by atoms with Crippen molar-refractivity contribution >= 4 is 40.7 Å². The fourth-order valence-corrected chi connectivity index (χ4v) is 3.29. The Morgan fingerprint density at radius 3 is 2.48 bits per heavy atom. The van der Waals surface area contributed by atoms with E-state index in [-0.39, 0.29) is 28.7 Å². The lowest BCUT2D eigenvalue weighted by molar-refractivity contribution is 0.322. The Balaban J connectivity index is 0.00000400. The molecule has 126 valence electrons. The highest BCUT2D eigenvalue weighted by molar-refractivity contribution is 14.0. The first kappa shape index (κ1) is 21.1. The molecule has 0 aliphatic carbocycles. The van der Waals surface area contributed by atoms with E-state index in [1.165, 1.54) is 12.8 Å². The van der Waals surface area contributed by atoms with E-state index in [9.17, 15) is 4.21 Å². The molecule has 1 aliphatic heterocycles. The van der Waals surface area contributed by atoms with Gasteiger partial charge in [0.1, 0.15) is 0 Å². The molecule has 1 N–H and O–H groups in total. The number of rotatable bonds is 4. The molecule has 0 aromatic rings. The van der Waals surface area contributed by atoms with E-state index in [1.807, 2.05) is 27.8 Å². The smallest absolute Gasteiger partial charge is 0.193 e. The van der Waals surface area contributed by atoms with Crippen molar-refractivity contribution in [3.8, 4) is 0 Å². The molecule has 21 heavy (non-hydrogen) atoms. The zero-order valence-electron chi connectivity index (χ0n) is 14.4. The third-order valence-corrected chi connectivity index (χ3v) is 6.12. The maximum atomic E-state index is 12.0. The zero-order chi connectivity index (χ0) is 15.4. The van der Waals surface area contributed by atoms with Crippen molar-refractivity contribution in [1.29, 1.82) is 0 Å². The van der Waals surface area contributed by atoms with E-state index in [1.54, 1.807) is 0 Å². The Kier molecular flexibility index (Phi) is 8.76. The first-order valence-electron chi connectivity index (χ1n) is 7.56. The van der Waals surface area contributed by atoms with Gasteiger partial charge >= 0.3 is 0 Å². The average Bonchev–Trinajstić information content (AvgIpc) is 2.76. The molecule has 1 fully saturated rings. The van der Waals surface area contributed by atoms with Crippen LogP contribution in [0.2, 0.25) is 0 Å². The van der Waals surface area contributed by atoms with Crippen molar-refractivity contribution < 1.29 is 4.21 Å². The molecule has 1 heterocycles. The Labute approximate surface area is 150 Å². The molecule has 2 atom stereocenters. The van der Waals surface area contributed by atoms with Gasteiger partial charge in [-0.05, 0) is 39.0 Å². The van der Waals surface area contributed by atoms with Crippen molar-refractivity contribution in [3.05, 3.63) is 0 Å². The third kappa shape index (κ3) is 6.42. The van der Waals surface area contributed by atoms with E-state index < -0.39 is 10.8 Å². The van der Waals surface area contributed by atoms with Crippen LogP contribution in [-0.4, -0.2) is 52.3 Å². The molecule has 2 unspecified atom stereocenters. The van der Waals surface area contributed by atoms with Gasteiger partial charge in [0, 0.05) is 48.0 Å². The standard InChI is InChI=1S/C15H31N3OS.HI/c1-7-15(5)8-10-18(12-15)13(16-6)17-9-11-20(19)14(2,3)4;/h7-12H2,1-6H3,(H,16,17);1H. The van der Waals surface area contributed by atoms with Gasteiger partial charge in [-0.2, -0.15) is 0 Å². The maximum Gasteiger partial charge on any atom is 0.193 e. The van der Waals surface area contributed by atoms with E-state index in [2.05, 4.69) is 29.1 Å². The highest BCUT2D eigenvalue weighted by atomic mass is 127. The summed E-state index contributed by atoms with van der Waals surface area (Å²) in [4.78, 5) is 6.68. The average molecular weight is 429 g/mol. The van der Waals surface area contributed by atoms with Crippen LogP contribution in [0.1, 0.15) is 47.5 Å². The van der Waals surface area contributed by atoms with Crippen LogP contribution >= 0.6 is 24.0 Å². The highest BCUT2D eigenvalue weighted by Crippen LogP contribution is 2.32. The molecule has 0 bridgehead atoms. The van der Waals surface area contributed by atoms with Crippen molar-refractivity contribution in [2.45, 2.75) is 52.2 Å². The predicted octanol–water partition coefficient (Wildman–Crippen LogP) is 2.85. The molecule has 4 nitrogen and oxygen atoms in total. The van der Waals surface area contributed by atoms with E-state index in [4.69, 9.17) is 0 Å². The number of guanidine groups is 1. The summed E-state index contributed by atoms with van der Waals surface area (Å²) in [5.74, 6) is 1.62. The van der Waals surface area contributed by atoms with Crippen LogP contribution in [0, 0.1) is 5.41 Å². The Bertz CT molecular complexity index is 382. The molecule has 6 heteroatoms. The normalized spacial score (nSPS) is 24.7. The Hall–Kier alpha value is 0.150. The monoisotopic (exact) mass is 429 g/mol. The van der Waals surface area contributed by atoms with Gasteiger partial charge in [0.15, 0.2) is 5.96 Å². The largest absolute Gasteiger partial charge is 0.355 e. The number of likely N-dealkylation sites (tertiary alicyclic amines) is 1. The minimum Gasteiger partial charge on any atom is -0.355 e. The van der Waals surface area contributed by atoms with Crippen LogP contribution in [0.5, 0.6) is 0 Å². The van der Waals surface area contributed by atoms with Crippen molar-refractivity contribution in [3.63, 3.8) is 0 Å². The minimum absolute atomic E-state index is 0. The summed E-state index contributed by atoms with van der Waals surface area (Å²) in [5, 5.41) is 3.36. The molecular weight excluding hydrogens is 397 g/mol. The summed E-state index contributed by atoms with van der Waals surface area (Å²) in [7, 11) is 1.01. The molecule has 1 rings (SSSR count). The number of nitrogens with zero attached hydrogens (tertiary/aromatic N) is 2.